The summed E-state index contributed by atoms with van der Waals surface area (Å²) in [5.74, 6) is -1.29. The van der Waals surface area contributed by atoms with E-state index in [9.17, 15) is 4.79 Å². The second-order valence-corrected chi connectivity index (χ2v) is 6.40. The van der Waals surface area contributed by atoms with Crippen LogP contribution >= 0.6 is 0 Å². The molecular formula is C17H16O3. The summed E-state index contributed by atoms with van der Waals surface area (Å²) in [7, 11) is 0. The lowest BCUT2D eigenvalue weighted by atomic mass is 9.93. The largest absolute Gasteiger partial charge is 0.339 e. The number of fused-ring (bicyclic) bond motifs is 1. The quantitative estimate of drug-likeness (QED) is 0.735. The summed E-state index contributed by atoms with van der Waals surface area (Å²) in [6.45, 7) is 5.19. The molecule has 0 unspecified atom stereocenters. The lowest BCUT2D eigenvalue weighted by molar-refractivity contribution is -0.273. The lowest BCUT2D eigenvalue weighted by Crippen LogP contribution is -2.48. The summed E-state index contributed by atoms with van der Waals surface area (Å²) in [4.78, 5) is 12.8. The normalized spacial score (nSPS) is 22.6. The maximum Gasteiger partial charge on any atom is 0.261 e. The highest BCUT2D eigenvalue weighted by Gasteiger charge is 2.53. The minimum Gasteiger partial charge on any atom is -0.339 e. The Morgan fingerprint density at radius 3 is 2.35 bits per heavy atom. The van der Waals surface area contributed by atoms with Crippen molar-refractivity contribution < 1.29 is 14.3 Å². The van der Waals surface area contributed by atoms with Crippen molar-refractivity contribution in [3.05, 3.63) is 47.5 Å². The van der Waals surface area contributed by atoms with E-state index in [2.05, 4.69) is 13.8 Å². The molecule has 0 bridgehead atoms. The average Bonchev–Trinajstić information content (AvgIpc) is 2.68. The fraction of sp³-hybridized carbons (Fsp3) is 0.353. The maximum absolute atomic E-state index is 12.8. The van der Waals surface area contributed by atoms with E-state index >= 15 is 0 Å². The third kappa shape index (κ3) is 1.39. The first-order chi connectivity index (χ1) is 9.54. The molecule has 2 aliphatic rings. The Bertz CT molecular complexity index is 715. The van der Waals surface area contributed by atoms with Gasteiger partial charge in [0, 0.05) is 21.9 Å². The standard InChI is InChI=1S/C17H16O3/c1-16(2)9-19-17(20-10-16)13-8-4-6-11-5-3-7-12(14(11)13)15(17)18/h3-8H,9-10H2,1-2H3. The molecule has 4 rings (SSSR count). The van der Waals surface area contributed by atoms with Crippen LogP contribution in [0.2, 0.25) is 0 Å². The number of hydrogen-bond acceptors (Lipinski definition) is 3. The summed E-state index contributed by atoms with van der Waals surface area (Å²) in [5.41, 5.74) is 1.50. The number of ketones is 1. The third-order valence-corrected chi connectivity index (χ3v) is 4.14. The number of hydrogen-bond donors (Lipinski definition) is 0. The van der Waals surface area contributed by atoms with E-state index < -0.39 is 5.79 Å². The van der Waals surface area contributed by atoms with Crippen molar-refractivity contribution in [3.63, 3.8) is 0 Å². The van der Waals surface area contributed by atoms with E-state index in [1.54, 1.807) is 0 Å². The molecule has 3 heteroatoms. The smallest absolute Gasteiger partial charge is 0.261 e. The van der Waals surface area contributed by atoms with E-state index in [0.717, 1.165) is 16.3 Å². The topological polar surface area (TPSA) is 35.5 Å². The van der Waals surface area contributed by atoms with Crippen molar-refractivity contribution in [2.45, 2.75) is 19.6 Å². The van der Waals surface area contributed by atoms with Gasteiger partial charge in [0.05, 0.1) is 13.2 Å². The summed E-state index contributed by atoms with van der Waals surface area (Å²) in [6.07, 6.45) is 0. The highest BCUT2D eigenvalue weighted by Crippen LogP contribution is 2.47. The van der Waals surface area contributed by atoms with Crippen molar-refractivity contribution in [2.24, 2.45) is 5.41 Å². The molecular weight excluding hydrogens is 252 g/mol. The van der Waals surface area contributed by atoms with Crippen LogP contribution in [-0.4, -0.2) is 19.0 Å². The molecule has 1 aliphatic carbocycles. The van der Waals surface area contributed by atoms with Gasteiger partial charge in [-0.15, -0.1) is 0 Å². The Morgan fingerprint density at radius 1 is 1.00 bits per heavy atom. The van der Waals surface area contributed by atoms with E-state index in [-0.39, 0.29) is 11.2 Å². The third-order valence-electron chi connectivity index (χ3n) is 4.14. The SMILES string of the molecule is CC1(C)COC2(OC1)C(=O)c1cccc3cccc2c13. The van der Waals surface area contributed by atoms with Crippen molar-refractivity contribution in [1.29, 1.82) is 0 Å². The van der Waals surface area contributed by atoms with Crippen molar-refractivity contribution in [1.82, 2.24) is 0 Å². The van der Waals surface area contributed by atoms with Gasteiger partial charge in [-0.2, -0.15) is 0 Å². The van der Waals surface area contributed by atoms with Crippen molar-refractivity contribution >= 4 is 16.6 Å². The molecule has 1 aliphatic heterocycles. The van der Waals surface area contributed by atoms with Gasteiger partial charge in [0.2, 0.25) is 5.78 Å². The minimum atomic E-state index is -1.22. The van der Waals surface area contributed by atoms with Crippen LogP contribution in [0.1, 0.15) is 29.8 Å². The fourth-order valence-electron chi connectivity index (χ4n) is 3.07. The number of carbonyl (C=O) groups is 1. The number of benzene rings is 2. The minimum absolute atomic E-state index is 0.0613. The first-order valence-electron chi connectivity index (χ1n) is 6.88. The predicted octanol–water partition coefficient (Wildman–Crippen LogP) is 3.26. The Morgan fingerprint density at radius 2 is 1.65 bits per heavy atom. The average molecular weight is 268 g/mol. The molecule has 102 valence electrons. The zero-order valence-corrected chi connectivity index (χ0v) is 11.6. The molecule has 2 aromatic rings. The van der Waals surface area contributed by atoms with Gasteiger partial charge >= 0.3 is 0 Å². The molecule has 3 nitrogen and oxygen atoms in total. The second-order valence-electron chi connectivity index (χ2n) is 6.40. The van der Waals surface area contributed by atoms with Gasteiger partial charge in [0.25, 0.3) is 5.79 Å². The second kappa shape index (κ2) is 3.68. The molecule has 2 aromatic carbocycles. The van der Waals surface area contributed by atoms with Crippen LogP contribution in [0.4, 0.5) is 0 Å². The first-order valence-corrected chi connectivity index (χ1v) is 6.88. The molecule has 0 atom stereocenters. The van der Waals surface area contributed by atoms with Crippen LogP contribution in [0.25, 0.3) is 10.8 Å². The Labute approximate surface area is 117 Å². The van der Waals surface area contributed by atoms with Crippen molar-refractivity contribution in [2.75, 3.05) is 13.2 Å². The van der Waals surface area contributed by atoms with Gasteiger partial charge in [-0.25, -0.2) is 0 Å². The monoisotopic (exact) mass is 268 g/mol. The van der Waals surface area contributed by atoms with E-state index in [1.807, 2.05) is 36.4 Å². The van der Waals surface area contributed by atoms with E-state index in [1.165, 1.54) is 0 Å². The van der Waals surface area contributed by atoms with Gasteiger partial charge in [-0.3, -0.25) is 4.79 Å². The Balaban J connectivity index is 1.94. The summed E-state index contributed by atoms with van der Waals surface area (Å²) >= 11 is 0. The molecule has 0 amide bonds. The molecule has 0 saturated carbocycles. The highest BCUT2D eigenvalue weighted by atomic mass is 16.7. The highest BCUT2D eigenvalue weighted by molar-refractivity contribution is 6.18. The van der Waals surface area contributed by atoms with Gasteiger partial charge in [-0.05, 0) is 5.39 Å². The number of Topliss-reactive ketones (excluding diaryl/α,β-unsaturated/α-hetero) is 1. The number of carbonyl (C=O) groups excluding carboxylic acids is 1. The summed E-state index contributed by atoms with van der Waals surface area (Å²) in [5, 5.41) is 2.03. The van der Waals surface area contributed by atoms with Crippen LogP contribution in [0, 0.1) is 5.41 Å². The molecule has 0 N–H and O–H groups in total. The molecule has 0 radical (unpaired) electrons. The first kappa shape index (κ1) is 12.1. The van der Waals surface area contributed by atoms with E-state index in [0.29, 0.717) is 18.8 Å². The molecule has 1 saturated heterocycles. The predicted molar refractivity (Wildman–Crippen MR) is 75.6 cm³/mol. The van der Waals surface area contributed by atoms with Crippen LogP contribution < -0.4 is 0 Å². The van der Waals surface area contributed by atoms with Crippen molar-refractivity contribution in [3.8, 4) is 0 Å². The Hall–Kier alpha value is -1.71. The number of rotatable bonds is 0. The summed E-state index contributed by atoms with van der Waals surface area (Å²) in [6, 6.07) is 11.7. The van der Waals surface area contributed by atoms with Gasteiger partial charge in [-0.1, -0.05) is 50.2 Å². The molecule has 20 heavy (non-hydrogen) atoms. The Kier molecular flexibility index (Phi) is 2.22. The lowest BCUT2D eigenvalue weighted by Gasteiger charge is -2.40. The fourth-order valence-corrected chi connectivity index (χ4v) is 3.07. The van der Waals surface area contributed by atoms with Crippen LogP contribution in [-0.2, 0) is 15.3 Å². The summed E-state index contributed by atoms with van der Waals surface area (Å²) < 4.78 is 11.9. The zero-order valence-electron chi connectivity index (χ0n) is 11.6. The maximum atomic E-state index is 12.8. The van der Waals surface area contributed by atoms with Gasteiger partial charge < -0.3 is 9.47 Å². The van der Waals surface area contributed by atoms with Crippen LogP contribution in [0.3, 0.4) is 0 Å². The van der Waals surface area contributed by atoms with Crippen LogP contribution in [0.15, 0.2) is 36.4 Å². The molecule has 1 spiro atoms. The number of ether oxygens (including phenoxy) is 2. The molecule has 0 aromatic heterocycles. The molecule has 1 heterocycles. The van der Waals surface area contributed by atoms with Gasteiger partial charge in [0.15, 0.2) is 0 Å². The van der Waals surface area contributed by atoms with E-state index in [4.69, 9.17) is 9.47 Å². The zero-order chi connectivity index (χ0) is 14.0. The van der Waals surface area contributed by atoms with Crippen LogP contribution in [0.5, 0.6) is 0 Å². The molecule has 1 fully saturated rings. The van der Waals surface area contributed by atoms with Gasteiger partial charge in [0.1, 0.15) is 0 Å².